The molecule has 1 aliphatic heterocycles. The second-order valence-corrected chi connectivity index (χ2v) is 5.24. The van der Waals surface area contributed by atoms with E-state index in [0.29, 0.717) is 0 Å². The van der Waals surface area contributed by atoms with Gasteiger partial charge in [-0.1, -0.05) is 12.1 Å². The van der Waals surface area contributed by atoms with Crippen molar-refractivity contribution in [3.05, 3.63) is 29.8 Å². The minimum atomic E-state index is -0.760. The minimum absolute atomic E-state index is 0.177. The molecule has 20 heavy (non-hydrogen) atoms. The van der Waals surface area contributed by atoms with Gasteiger partial charge in [0.1, 0.15) is 11.8 Å². The van der Waals surface area contributed by atoms with Crippen LogP contribution in [0.3, 0.4) is 0 Å². The Morgan fingerprint density at radius 1 is 1.50 bits per heavy atom. The van der Waals surface area contributed by atoms with Crippen LogP contribution < -0.4 is 10.1 Å². The van der Waals surface area contributed by atoms with Gasteiger partial charge in [-0.25, -0.2) is 0 Å². The number of nitrogens with zero attached hydrogens (tertiary/aromatic N) is 1. The van der Waals surface area contributed by atoms with Crippen LogP contribution in [0, 0.1) is 5.92 Å². The average Bonchev–Trinajstić information content (AvgIpc) is 2.88. The van der Waals surface area contributed by atoms with E-state index in [1.807, 2.05) is 12.1 Å². The summed E-state index contributed by atoms with van der Waals surface area (Å²) in [5.74, 6) is 0.272. The highest BCUT2D eigenvalue weighted by Crippen LogP contribution is 2.22. The molecule has 1 aliphatic rings. The van der Waals surface area contributed by atoms with Gasteiger partial charge in [0.25, 0.3) is 0 Å². The van der Waals surface area contributed by atoms with Crippen molar-refractivity contribution >= 4 is 5.97 Å². The Hall–Kier alpha value is -1.59. The minimum Gasteiger partial charge on any atom is -0.497 e. The highest BCUT2D eigenvalue weighted by atomic mass is 16.5. The van der Waals surface area contributed by atoms with Crippen LogP contribution in [0.1, 0.15) is 12.0 Å². The Labute approximate surface area is 119 Å². The number of methoxy groups -OCH3 is 1. The van der Waals surface area contributed by atoms with Crippen LogP contribution in [0.4, 0.5) is 0 Å². The predicted molar refractivity (Wildman–Crippen MR) is 76.9 cm³/mol. The monoisotopic (exact) mass is 278 g/mol. The first-order valence-electron chi connectivity index (χ1n) is 6.89. The van der Waals surface area contributed by atoms with Crippen LogP contribution >= 0.6 is 0 Å². The van der Waals surface area contributed by atoms with Crippen LogP contribution in [0.15, 0.2) is 24.3 Å². The van der Waals surface area contributed by atoms with Gasteiger partial charge in [-0.15, -0.1) is 0 Å². The molecule has 0 saturated carbocycles. The van der Waals surface area contributed by atoms with E-state index in [4.69, 9.17) is 4.74 Å². The molecule has 1 fully saturated rings. The molecule has 1 aromatic rings. The molecule has 0 radical (unpaired) electrons. The molecule has 0 aliphatic carbocycles. The van der Waals surface area contributed by atoms with Crippen LogP contribution in [0.2, 0.25) is 0 Å². The van der Waals surface area contributed by atoms with Gasteiger partial charge in [0.2, 0.25) is 0 Å². The van der Waals surface area contributed by atoms with Crippen molar-refractivity contribution in [2.45, 2.75) is 19.0 Å². The zero-order valence-corrected chi connectivity index (χ0v) is 12.0. The molecule has 0 amide bonds. The number of hydrogen-bond acceptors (Lipinski definition) is 4. The molecule has 1 heterocycles. The van der Waals surface area contributed by atoms with E-state index in [-0.39, 0.29) is 5.92 Å². The number of rotatable bonds is 6. The quantitative estimate of drug-likeness (QED) is 0.818. The fourth-order valence-corrected chi connectivity index (χ4v) is 2.83. The van der Waals surface area contributed by atoms with Crippen LogP contribution in [0.5, 0.6) is 5.75 Å². The van der Waals surface area contributed by atoms with Crippen molar-refractivity contribution < 1.29 is 14.6 Å². The Morgan fingerprint density at radius 2 is 2.20 bits per heavy atom. The number of benzene rings is 1. The Bertz CT molecular complexity index is 447. The normalized spacial score (nSPS) is 20.8. The lowest BCUT2D eigenvalue weighted by Crippen LogP contribution is -2.41. The van der Waals surface area contributed by atoms with Gasteiger partial charge in [-0.05, 0) is 43.6 Å². The third kappa shape index (κ3) is 3.49. The van der Waals surface area contributed by atoms with Gasteiger partial charge < -0.3 is 15.2 Å². The van der Waals surface area contributed by atoms with E-state index in [9.17, 15) is 9.90 Å². The van der Waals surface area contributed by atoms with Gasteiger partial charge in [0.05, 0.1) is 7.11 Å². The standard InChI is InChI=1S/C15H22N2O3/c1-16-14(15(18)19)12-7-8-17(10-12)9-11-3-5-13(20-2)6-4-11/h3-6,12,14,16H,7-10H2,1-2H3,(H,18,19). The first kappa shape index (κ1) is 14.8. The molecule has 1 aromatic carbocycles. The number of carboxylic acid groups (broad SMARTS) is 1. The molecular weight excluding hydrogens is 256 g/mol. The summed E-state index contributed by atoms with van der Waals surface area (Å²) in [6, 6.07) is 7.57. The molecule has 0 aromatic heterocycles. The number of carbonyl (C=O) groups is 1. The predicted octanol–water partition coefficient (Wildman–Crippen LogP) is 1.19. The third-order valence-corrected chi connectivity index (χ3v) is 3.92. The van der Waals surface area contributed by atoms with Crippen molar-refractivity contribution in [3.8, 4) is 5.75 Å². The lowest BCUT2D eigenvalue weighted by atomic mass is 9.99. The van der Waals surface area contributed by atoms with Crippen molar-refractivity contribution in [3.63, 3.8) is 0 Å². The number of likely N-dealkylation sites (tertiary alicyclic amines) is 1. The number of likely N-dealkylation sites (N-methyl/N-ethyl adjacent to an activating group) is 1. The summed E-state index contributed by atoms with van der Waals surface area (Å²) in [5.41, 5.74) is 1.22. The number of carboxylic acids is 1. The largest absolute Gasteiger partial charge is 0.497 e. The fraction of sp³-hybridized carbons (Fsp3) is 0.533. The maximum absolute atomic E-state index is 11.2. The van der Waals surface area contributed by atoms with Crippen molar-refractivity contribution in [2.75, 3.05) is 27.2 Å². The summed E-state index contributed by atoms with van der Waals surface area (Å²) in [6.07, 6.45) is 0.925. The van der Waals surface area contributed by atoms with E-state index < -0.39 is 12.0 Å². The number of hydrogen-bond donors (Lipinski definition) is 2. The highest BCUT2D eigenvalue weighted by Gasteiger charge is 2.32. The Kier molecular flexibility index (Phi) is 4.98. The molecule has 2 N–H and O–H groups in total. The van der Waals surface area contributed by atoms with E-state index in [1.165, 1.54) is 5.56 Å². The van der Waals surface area contributed by atoms with Crippen LogP contribution in [0.25, 0.3) is 0 Å². The summed E-state index contributed by atoms with van der Waals surface area (Å²) in [5, 5.41) is 12.1. The Morgan fingerprint density at radius 3 is 2.75 bits per heavy atom. The summed E-state index contributed by atoms with van der Waals surface area (Å²) in [6.45, 7) is 2.63. The lowest BCUT2D eigenvalue weighted by Gasteiger charge is -2.20. The molecule has 2 atom stereocenters. The molecule has 2 unspecified atom stereocenters. The van der Waals surface area contributed by atoms with Crippen molar-refractivity contribution in [2.24, 2.45) is 5.92 Å². The topological polar surface area (TPSA) is 61.8 Å². The summed E-state index contributed by atoms with van der Waals surface area (Å²) in [4.78, 5) is 13.5. The maximum atomic E-state index is 11.2. The molecule has 5 nitrogen and oxygen atoms in total. The third-order valence-electron chi connectivity index (χ3n) is 3.92. The molecule has 2 rings (SSSR count). The van der Waals surface area contributed by atoms with Crippen molar-refractivity contribution in [1.82, 2.24) is 10.2 Å². The zero-order valence-electron chi connectivity index (χ0n) is 12.0. The van der Waals surface area contributed by atoms with Gasteiger partial charge in [0, 0.05) is 13.1 Å². The second-order valence-electron chi connectivity index (χ2n) is 5.24. The number of ether oxygens (including phenoxy) is 1. The number of aliphatic carboxylic acids is 1. The van der Waals surface area contributed by atoms with Crippen LogP contribution in [-0.4, -0.2) is 49.3 Å². The summed E-state index contributed by atoms with van der Waals surface area (Å²) in [7, 11) is 3.37. The maximum Gasteiger partial charge on any atom is 0.321 e. The highest BCUT2D eigenvalue weighted by molar-refractivity contribution is 5.73. The molecule has 5 heteroatoms. The van der Waals surface area contributed by atoms with Gasteiger partial charge in [0.15, 0.2) is 0 Å². The number of nitrogens with one attached hydrogen (secondary N) is 1. The van der Waals surface area contributed by atoms with Gasteiger partial charge >= 0.3 is 5.97 Å². The molecular formula is C15H22N2O3. The SMILES string of the molecule is CNC(C(=O)O)C1CCN(Cc2ccc(OC)cc2)C1. The first-order chi connectivity index (χ1) is 9.63. The van der Waals surface area contributed by atoms with E-state index in [1.54, 1.807) is 14.2 Å². The molecule has 110 valence electrons. The van der Waals surface area contributed by atoms with Crippen molar-refractivity contribution in [1.29, 1.82) is 0 Å². The fourth-order valence-electron chi connectivity index (χ4n) is 2.83. The Balaban J connectivity index is 1.90. The van der Waals surface area contributed by atoms with Gasteiger partial charge in [-0.3, -0.25) is 9.69 Å². The smallest absolute Gasteiger partial charge is 0.321 e. The zero-order chi connectivity index (χ0) is 14.5. The van der Waals surface area contributed by atoms with E-state index >= 15 is 0 Å². The van der Waals surface area contributed by atoms with Crippen LogP contribution in [-0.2, 0) is 11.3 Å². The summed E-state index contributed by atoms with van der Waals surface area (Å²) < 4.78 is 5.14. The van der Waals surface area contributed by atoms with E-state index in [2.05, 4.69) is 22.3 Å². The second kappa shape index (κ2) is 6.72. The average molecular weight is 278 g/mol. The first-order valence-corrected chi connectivity index (χ1v) is 6.89. The van der Waals surface area contributed by atoms with Gasteiger partial charge in [-0.2, -0.15) is 0 Å². The molecule has 0 bridgehead atoms. The van der Waals surface area contributed by atoms with E-state index in [0.717, 1.165) is 31.8 Å². The molecule has 0 spiro atoms. The molecule has 1 saturated heterocycles. The summed E-state index contributed by atoms with van der Waals surface area (Å²) >= 11 is 0. The lowest BCUT2D eigenvalue weighted by molar-refractivity contribution is -0.140.